The van der Waals surface area contributed by atoms with Gasteiger partial charge in [0, 0.05) is 30.3 Å². The van der Waals surface area contributed by atoms with Gasteiger partial charge in [0.15, 0.2) is 0 Å². The number of rotatable bonds is 4. The van der Waals surface area contributed by atoms with E-state index in [1.165, 1.54) is 6.07 Å². The lowest BCUT2D eigenvalue weighted by atomic mass is 10.1. The molecule has 2 aromatic rings. The third kappa shape index (κ3) is 4.52. The zero-order valence-corrected chi connectivity index (χ0v) is 15.4. The molecule has 0 radical (unpaired) electrons. The number of benzene rings is 1. The molecule has 2 heterocycles. The Morgan fingerprint density at radius 1 is 1.30 bits per heavy atom. The number of aryl methyl sites for hydroxylation is 1. The minimum atomic E-state index is -0.398. The number of amides is 2. The molecule has 0 aliphatic carbocycles. The zero-order valence-electron chi connectivity index (χ0n) is 15.4. The number of aromatic nitrogens is 2. The average molecular weight is 370 g/mol. The van der Waals surface area contributed by atoms with E-state index in [0.29, 0.717) is 30.8 Å². The van der Waals surface area contributed by atoms with Gasteiger partial charge in [-0.25, -0.2) is 9.48 Å². The van der Waals surface area contributed by atoms with Crippen LogP contribution in [0.4, 0.5) is 10.5 Å². The van der Waals surface area contributed by atoms with Gasteiger partial charge in [-0.15, -0.1) is 0 Å². The van der Waals surface area contributed by atoms with Crippen molar-refractivity contribution in [2.75, 3.05) is 18.5 Å². The van der Waals surface area contributed by atoms with Crippen LogP contribution in [0.2, 0.25) is 0 Å². The summed E-state index contributed by atoms with van der Waals surface area (Å²) in [6.07, 6.45) is 0.110. The minimum absolute atomic E-state index is 0.165. The van der Waals surface area contributed by atoms with Crippen LogP contribution in [0, 0.1) is 6.92 Å². The third-order valence-electron chi connectivity index (χ3n) is 4.27. The van der Waals surface area contributed by atoms with Crippen LogP contribution in [-0.4, -0.2) is 39.8 Å². The average Bonchev–Trinajstić information content (AvgIpc) is 2.62. The summed E-state index contributed by atoms with van der Waals surface area (Å²) >= 11 is 0. The number of fused-ring (bicyclic) bond motifs is 1. The summed E-state index contributed by atoms with van der Waals surface area (Å²) in [5.41, 5.74) is 2.74. The molecule has 8 heteroatoms. The second kappa shape index (κ2) is 8.03. The van der Waals surface area contributed by atoms with Crippen molar-refractivity contribution in [1.29, 1.82) is 0 Å². The summed E-state index contributed by atoms with van der Waals surface area (Å²) in [7, 11) is 0. The molecule has 8 nitrogen and oxygen atoms in total. The topological polar surface area (TPSA) is 93.5 Å². The van der Waals surface area contributed by atoms with Crippen molar-refractivity contribution in [2.24, 2.45) is 0 Å². The normalized spacial score (nSPS) is 13.0. The van der Waals surface area contributed by atoms with Crippen molar-refractivity contribution in [3.05, 3.63) is 57.5 Å². The first-order chi connectivity index (χ1) is 13.0. The lowest BCUT2D eigenvalue weighted by molar-refractivity contribution is -0.117. The molecular weight excluding hydrogens is 348 g/mol. The lowest BCUT2D eigenvalue weighted by Crippen LogP contribution is -2.39. The molecule has 0 spiro atoms. The van der Waals surface area contributed by atoms with Crippen LogP contribution in [0.25, 0.3) is 0 Å². The summed E-state index contributed by atoms with van der Waals surface area (Å²) in [6.45, 7) is 4.57. The van der Waals surface area contributed by atoms with Gasteiger partial charge in [-0.05, 0) is 31.5 Å². The fourth-order valence-corrected chi connectivity index (χ4v) is 2.98. The Hall–Kier alpha value is -3.16. The predicted octanol–water partition coefficient (Wildman–Crippen LogP) is 1.71. The molecule has 0 bridgehead atoms. The van der Waals surface area contributed by atoms with Gasteiger partial charge in [0.2, 0.25) is 5.91 Å². The maximum atomic E-state index is 12.3. The van der Waals surface area contributed by atoms with E-state index in [1.54, 1.807) is 17.9 Å². The number of anilines is 1. The van der Waals surface area contributed by atoms with Gasteiger partial charge in [-0.3, -0.25) is 9.59 Å². The molecule has 1 aromatic carbocycles. The number of ether oxygens (including phenoxy) is 1. The summed E-state index contributed by atoms with van der Waals surface area (Å²) in [4.78, 5) is 38.0. The molecule has 142 valence electrons. The molecule has 1 aliphatic heterocycles. The van der Waals surface area contributed by atoms with Crippen LogP contribution in [-0.2, 0) is 29.0 Å². The summed E-state index contributed by atoms with van der Waals surface area (Å²) in [6, 6.07) is 8.87. The SMILES string of the molecule is CCOC(=O)N1CCc2nn(CC(=O)Nc3cccc(C)c3)c(=O)cc2C1. The van der Waals surface area contributed by atoms with Crippen molar-refractivity contribution in [2.45, 2.75) is 33.4 Å². The molecule has 27 heavy (non-hydrogen) atoms. The second-order valence-electron chi connectivity index (χ2n) is 6.40. The van der Waals surface area contributed by atoms with E-state index in [-0.39, 0.29) is 24.6 Å². The number of nitrogens with one attached hydrogen (secondary N) is 1. The quantitative estimate of drug-likeness (QED) is 0.884. The fraction of sp³-hybridized carbons (Fsp3) is 0.368. The van der Waals surface area contributed by atoms with Gasteiger partial charge >= 0.3 is 6.09 Å². The standard InChI is InChI=1S/C19H22N4O4/c1-3-27-19(26)22-8-7-16-14(11-22)10-18(25)23(21-16)12-17(24)20-15-6-4-5-13(2)9-15/h4-6,9-10H,3,7-8,11-12H2,1-2H3,(H,20,24). The van der Waals surface area contributed by atoms with E-state index in [1.807, 2.05) is 25.1 Å². The van der Waals surface area contributed by atoms with Crippen LogP contribution >= 0.6 is 0 Å². The molecule has 2 amide bonds. The second-order valence-corrected chi connectivity index (χ2v) is 6.40. The summed E-state index contributed by atoms with van der Waals surface area (Å²) in [5, 5.41) is 7.08. The van der Waals surface area contributed by atoms with E-state index in [9.17, 15) is 14.4 Å². The summed E-state index contributed by atoms with van der Waals surface area (Å²) < 4.78 is 6.15. The highest BCUT2D eigenvalue weighted by Crippen LogP contribution is 2.16. The highest BCUT2D eigenvalue weighted by atomic mass is 16.6. The molecular formula is C19H22N4O4. The van der Waals surface area contributed by atoms with Crippen LogP contribution in [0.15, 0.2) is 35.1 Å². The monoisotopic (exact) mass is 370 g/mol. The van der Waals surface area contributed by atoms with E-state index < -0.39 is 6.09 Å². The fourth-order valence-electron chi connectivity index (χ4n) is 2.98. The highest BCUT2D eigenvalue weighted by Gasteiger charge is 2.24. The molecule has 1 aliphatic rings. The maximum absolute atomic E-state index is 12.3. The first-order valence-corrected chi connectivity index (χ1v) is 8.84. The Bertz CT molecular complexity index is 922. The Morgan fingerprint density at radius 2 is 2.11 bits per heavy atom. The van der Waals surface area contributed by atoms with Crippen molar-refractivity contribution >= 4 is 17.7 Å². The van der Waals surface area contributed by atoms with Gasteiger partial charge in [0.25, 0.3) is 5.56 Å². The molecule has 0 fully saturated rings. The number of hydrogen-bond acceptors (Lipinski definition) is 5. The van der Waals surface area contributed by atoms with Crippen LogP contribution in [0.3, 0.4) is 0 Å². The predicted molar refractivity (Wildman–Crippen MR) is 99.4 cm³/mol. The Balaban J connectivity index is 1.70. The number of nitrogens with zero attached hydrogens (tertiary/aromatic N) is 3. The van der Waals surface area contributed by atoms with Crippen molar-refractivity contribution in [3.63, 3.8) is 0 Å². The molecule has 0 saturated carbocycles. The maximum Gasteiger partial charge on any atom is 0.410 e. The van der Waals surface area contributed by atoms with Gasteiger partial charge in [-0.1, -0.05) is 12.1 Å². The van der Waals surface area contributed by atoms with Gasteiger partial charge in [0.1, 0.15) is 6.54 Å². The Morgan fingerprint density at radius 3 is 2.85 bits per heavy atom. The van der Waals surface area contributed by atoms with E-state index in [2.05, 4.69) is 10.4 Å². The first-order valence-electron chi connectivity index (χ1n) is 8.84. The van der Waals surface area contributed by atoms with E-state index in [4.69, 9.17) is 4.74 Å². The van der Waals surface area contributed by atoms with E-state index in [0.717, 1.165) is 15.9 Å². The minimum Gasteiger partial charge on any atom is -0.450 e. The number of carbonyl (C=O) groups is 2. The molecule has 0 unspecified atom stereocenters. The molecule has 1 aromatic heterocycles. The van der Waals surface area contributed by atoms with Crippen molar-refractivity contribution in [1.82, 2.24) is 14.7 Å². The molecule has 3 rings (SSSR count). The first kappa shape index (κ1) is 18.6. The smallest absolute Gasteiger partial charge is 0.410 e. The largest absolute Gasteiger partial charge is 0.450 e. The third-order valence-corrected chi connectivity index (χ3v) is 4.27. The molecule has 1 N–H and O–H groups in total. The van der Waals surface area contributed by atoms with Crippen LogP contribution in [0.5, 0.6) is 0 Å². The lowest BCUT2D eigenvalue weighted by Gasteiger charge is -2.27. The van der Waals surface area contributed by atoms with Crippen LogP contribution in [0.1, 0.15) is 23.7 Å². The van der Waals surface area contributed by atoms with Gasteiger partial charge in [0.05, 0.1) is 18.8 Å². The molecule has 0 saturated heterocycles. The number of hydrogen-bond donors (Lipinski definition) is 1. The van der Waals surface area contributed by atoms with E-state index >= 15 is 0 Å². The number of carbonyl (C=O) groups excluding carboxylic acids is 2. The Kier molecular flexibility index (Phi) is 5.54. The Labute approximate surface area is 156 Å². The van der Waals surface area contributed by atoms with Crippen LogP contribution < -0.4 is 10.9 Å². The van der Waals surface area contributed by atoms with Gasteiger partial charge in [-0.2, -0.15) is 5.10 Å². The summed E-state index contributed by atoms with van der Waals surface area (Å²) in [5.74, 6) is -0.320. The molecule has 0 atom stereocenters. The zero-order chi connectivity index (χ0) is 19.4. The highest BCUT2D eigenvalue weighted by molar-refractivity contribution is 5.90. The van der Waals surface area contributed by atoms with Crippen molar-refractivity contribution < 1.29 is 14.3 Å². The van der Waals surface area contributed by atoms with Crippen molar-refractivity contribution in [3.8, 4) is 0 Å². The van der Waals surface area contributed by atoms with Gasteiger partial charge < -0.3 is 15.0 Å².